The smallest absolute Gasteiger partial charge is 0.313 e. The van der Waals surface area contributed by atoms with E-state index < -0.39 is 89.5 Å². The molecule has 2 rings (SSSR count). The lowest BCUT2D eigenvalue weighted by atomic mass is 10.0. The van der Waals surface area contributed by atoms with Gasteiger partial charge in [0.2, 0.25) is 17.5 Å². The maximum atomic E-state index is 13.8. The number of carboxylic acid groups (broad SMARTS) is 1. The number of carbonyl (C=O) groups is 5. The number of carbonyl (C=O) groups excluding carboxylic acids is 4. The van der Waals surface area contributed by atoms with Gasteiger partial charge in [0.05, 0.1) is 13.5 Å². The van der Waals surface area contributed by atoms with Crippen LogP contribution in [0.15, 0.2) is 30.3 Å². The predicted molar refractivity (Wildman–Crippen MR) is 129 cm³/mol. The molecule has 0 aliphatic rings. The summed E-state index contributed by atoms with van der Waals surface area (Å²) in [6.45, 7) is 1.68. The van der Waals surface area contributed by atoms with Gasteiger partial charge in [-0.2, -0.15) is 8.78 Å². The van der Waals surface area contributed by atoms with Crippen LogP contribution in [-0.2, 0) is 24.0 Å². The number of hydrogen-bond acceptors (Lipinski definition) is 7. The zero-order chi connectivity index (χ0) is 30.1. The quantitative estimate of drug-likeness (QED) is 0.171. The van der Waals surface area contributed by atoms with Crippen LogP contribution < -0.4 is 25.4 Å². The first-order valence-corrected chi connectivity index (χ1v) is 11.5. The second-order valence-corrected chi connectivity index (χ2v) is 8.59. The number of aliphatic carboxylic acids is 1. The molecular weight excluding hydrogens is 546 g/mol. The highest BCUT2D eigenvalue weighted by Gasteiger charge is 2.32. The molecule has 15 heteroatoms. The Bertz CT molecular complexity index is 1260. The van der Waals surface area contributed by atoms with E-state index in [0.717, 1.165) is 0 Å². The van der Waals surface area contributed by atoms with Crippen molar-refractivity contribution in [3.63, 3.8) is 0 Å². The van der Waals surface area contributed by atoms with E-state index in [0.29, 0.717) is 5.75 Å². The molecule has 0 radical (unpaired) electrons. The first-order chi connectivity index (χ1) is 18.7. The summed E-state index contributed by atoms with van der Waals surface area (Å²) in [6.07, 6.45) is -1.02. The number of carboxylic acids is 1. The Balaban J connectivity index is 2.11. The average Bonchev–Trinajstić information content (AvgIpc) is 2.89. The van der Waals surface area contributed by atoms with Gasteiger partial charge in [-0.05, 0) is 30.2 Å². The lowest BCUT2D eigenvalue weighted by Crippen LogP contribution is -2.56. The number of ether oxygens (including phenoxy) is 2. The molecule has 0 saturated heterocycles. The van der Waals surface area contributed by atoms with Crippen LogP contribution in [0.4, 0.5) is 23.2 Å². The lowest BCUT2D eigenvalue weighted by Gasteiger charge is -2.24. The van der Waals surface area contributed by atoms with Crippen LogP contribution in [0.25, 0.3) is 0 Å². The number of Topliss-reactive ketones (excluding diaryl/α,β-unsaturated/α-hetero) is 1. The third kappa shape index (κ3) is 8.41. The van der Waals surface area contributed by atoms with Crippen LogP contribution in [0.1, 0.15) is 20.3 Å². The molecule has 0 fully saturated rings. The molecule has 0 aliphatic heterocycles. The predicted octanol–water partition coefficient (Wildman–Crippen LogP) is 1.94. The molecule has 3 amide bonds. The number of nitrogens with one attached hydrogen (secondary N) is 3. The SMILES string of the molecule is COc1ccc(NC(=O)C(=O)NC(C(=O)NC(CC(=O)O)C(=O)COc2c(F)c(F)cc(F)c2F)C(C)C)cc1. The van der Waals surface area contributed by atoms with Gasteiger partial charge < -0.3 is 30.5 Å². The van der Waals surface area contributed by atoms with Gasteiger partial charge in [0.25, 0.3) is 0 Å². The molecule has 40 heavy (non-hydrogen) atoms. The summed E-state index contributed by atoms with van der Waals surface area (Å²) in [5.74, 6) is -15.4. The molecule has 0 bridgehead atoms. The standard InChI is InChI=1S/C25H25F4N3O8/c1-11(2)21(32-25(38)24(37)30-12-4-6-13(39-3)7-5-12)23(36)31-16(9-18(34)35)17(33)10-40-22-19(28)14(26)8-15(27)20(22)29/h4-8,11,16,21H,9-10H2,1-3H3,(H,30,37)(H,31,36)(H,32,38)(H,34,35). The summed E-state index contributed by atoms with van der Waals surface area (Å²) in [4.78, 5) is 61.4. The third-order valence-electron chi connectivity index (χ3n) is 5.30. The van der Waals surface area contributed by atoms with E-state index in [1.165, 1.54) is 45.2 Å². The van der Waals surface area contributed by atoms with Crippen molar-refractivity contribution in [2.45, 2.75) is 32.4 Å². The molecule has 2 unspecified atom stereocenters. The van der Waals surface area contributed by atoms with Crippen molar-refractivity contribution in [1.82, 2.24) is 10.6 Å². The number of methoxy groups -OCH3 is 1. The number of hydrogen-bond donors (Lipinski definition) is 4. The van der Waals surface area contributed by atoms with Crippen molar-refractivity contribution in [3.8, 4) is 11.5 Å². The van der Waals surface area contributed by atoms with E-state index in [4.69, 9.17) is 9.84 Å². The highest BCUT2D eigenvalue weighted by atomic mass is 19.2. The van der Waals surface area contributed by atoms with E-state index in [9.17, 15) is 41.5 Å². The fourth-order valence-electron chi connectivity index (χ4n) is 3.21. The van der Waals surface area contributed by atoms with Gasteiger partial charge >= 0.3 is 17.8 Å². The number of anilines is 1. The summed E-state index contributed by atoms with van der Waals surface area (Å²) >= 11 is 0. The second kappa shape index (κ2) is 13.9. The molecule has 0 heterocycles. The Morgan fingerprint density at radius 3 is 1.98 bits per heavy atom. The lowest BCUT2D eigenvalue weighted by molar-refractivity contribution is -0.141. The molecule has 4 N–H and O–H groups in total. The zero-order valence-electron chi connectivity index (χ0n) is 21.3. The topological polar surface area (TPSA) is 160 Å². The van der Waals surface area contributed by atoms with Crippen LogP contribution in [0.3, 0.4) is 0 Å². The minimum Gasteiger partial charge on any atom is -0.497 e. The van der Waals surface area contributed by atoms with Crippen molar-refractivity contribution in [2.24, 2.45) is 5.92 Å². The van der Waals surface area contributed by atoms with Crippen LogP contribution in [0.2, 0.25) is 0 Å². The third-order valence-corrected chi connectivity index (χ3v) is 5.30. The van der Waals surface area contributed by atoms with Gasteiger partial charge in [-0.25, -0.2) is 8.78 Å². The minimum absolute atomic E-state index is 0.0790. The molecule has 2 atom stereocenters. The number of amides is 3. The number of benzene rings is 2. The summed E-state index contributed by atoms with van der Waals surface area (Å²) in [5.41, 5.74) is 0.240. The molecule has 216 valence electrons. The number of ketones is 1. The molecule has 11 nitrogen and oxygen atoms in total. The fraction of sp³-hybridized carbons (Fsp3) is 0.320. The fourth-order valence-corrected chi connectivity index (χ4v) is 3.21. The van der Waals surface area contributed by atoms with Crippen LogP contribution in [-0.4, -0.2) is 60.4 Å². The van der Waals surface area contributed by atoms with E-state index in [1.54, 1.807) is 0 Å². The Morgan fingerprint density at radius 2 is 1.48 bits per heavy atom. The average molecular weight is 571 g/mol. The molecular formula is C25H25F4N3O8. The summed E-state index contributed by atoms with van der Waals surface area (Å²) in [6, 6.07) is 2.59. The highest BCUT2D eigenvalue weighted by molar-refractivity contribution is 6.40. The Labute approximate surface area is 224 Å². The highest BCUT2D eigenvalue weighted by Crippen LogP contribution is 2.26. The molecule has 2 aromatic rings. The maximum absolute atomic E-state index is 13.8. The first-order valence-electron chi connectivity index (χ1n) is 11.5. The van der Waals surface area contributed by atoms with E-state index in [2.05, 4.69) is 20.7 Å². The van der Waals surface area contributed by atoms with Crippen molar-refractivity contribution in [3.05, 3.63) is 53.6 Å². The van der Waals surface area contributed by atoms with Crippen molar-refractivity contribution in [1.29, 1.82) is 0 Å². The first kappa shape index (κ1) is 31.5. The normalized spacial score (nSPS) is 12.2. The van der Waals surface area contributed by atoms with Gasteiger partial charge in [-0.1, -0.05) is 13.8 Å². The van der Waals surface area contributed by atoms with Crippen molar-refractivity contribution < 1.29 is 56.1 Å². The van der Waals surface area contributed by atoms with Gasteiger partial charge in [0.15, 0.2) is 23.2 Å². The van der Waals surface area contributed by atoms with Gasteiger partial charge in [0.1, 0.15) is 24.4 Å². The molecule has 2 aromatic carbocycles. The summed E-state index contributed by atoms with van der Waals surface area (Å²) in [7, 11) is 1.44. The largest absolute Gasteiger partial charge is 0.497 e. The number of halogens is 4. The van der Waals surface area contributed by atoms with Gasteiger partial charge in [-0.3, -0.25) is 24.0 Å². The Kier molecular flexibility index (Phi) is 11.0. The molecule has 0 saturated carbocycles. The minimum atomic E-state index is -1.93. The van der Waals surface area contributed by atoms with Crippen molar-refractivity contribution in [2.75, 3.05) is 19.0 Å². The Hall–Kier alpha value is -4.69. The zero-order valence-corrected chi connectivity index (χ0v) is 21.3. The van der Waals surface area contributed by atoms with Crippen molar-refractivity contribution >= 4 is 35.2 Å². The molecule has 0 aliphatic carbocycles. The van der Waals surface area contributed by atoms with Gasteiger partial charge in [0, 0.05) is 11.8 Å². The summed E-state index contributed by atoms with van der Waals surface area (Å²) in [5, 5.41) is 15.7. The van der Waals surface area contributed by atoms with Gasteiger partial charge in [-0.15, -0.1) is 0 Å². The van der Waals surface area contributed by atoms with Crippen LogP contribution in [0, 0.1) is 29.2 Å². The van der Waals surface area contributed by atoms with E-state index in [1.807, 2.05) is 0 Å². The second-order valence-electron chi connectivity index (χ2n) is 8.59. The molecule has 0 spiro atoms. The van der Waals surface area contributed by atoms with Crippen LogP contribution in [0.5, 0.6) is 11.5 Å². The maximum Gasteiger partial charge on any atom is 0.313 e. The van der Waals surface area contributed by atoms with E-state index in [-0.39, 0.29) is 11.8 Å². The monoisotopic (exact) mass is 571 g/mol. The summed E-state index contributed by atoms with van der Waals surface area (Å²) < 4.78 is 63.9. The number of rotatable bonds is 12. The molecule has 0 aromatic heterocycles. The van der Waals surface area contributed by atoms with E-state index >= 15 is 0 Å². The Morgan fingerprint density at radius 1 is 0.900 bits per heavy atom. The van der Waals surface area contributed by atoms with Crippen LogP contribution >= 0.6 is 0 Å².